The summed E-state index contributed by atoms with van der Waals surface area (Å²) in [6.07, 6.45) is 5.09. The van der Waals surface area contributed by atoms with Crippen LogP contribution in [0.5, 0.6) is 0 Å². The molecule has 1 N–H and O–H groups in total. The molecule has 0 bridgehead atoms. The van der Waals surface area contributed by atoms with Crippen molar-refractivity contribution in [2.75, 3.05) is 0 Å². The maximum absolute atomic E-state index is 5.52. The van der Waals surface area contributed by atoms with Gasteiger partial charge in [-0.1, -0.05) is 6.07 Å². The number of aromatic nitrogens is 1. The Kier molecular flexibility index (Phi) is 5.06. The van der Waals surface area contributed by atoms with Crippen LogP contribution in [-0.4, -0.2) is 15.0 Å². The molecule has 0 radical (unpaired) electrons. The zero-order valence-electron chi connectivity index (χ0n) is 12.5. The summed E-state index contributed by atoms with van der Waals surface area (Å²) < 4.78 is 10.8. The molecule has 3 aromatic heterocycles. The molecule has 3 aromatic rings. The van der Waals surface area contributed by atoms with Crippen molar-refractivity contribution < 1.29 is 8.83 Å². The highest BCUT2D eigenvalue weighted by Crippen LogP contribution is 2.10. The third kappa shape index (κ3) is 4.43. The highest BCUT2D eigenvalue weighted by Gasteiger charge is 2.13. The van der Waals surface area contributed by atoms with Crippen LogP contribution in [0, 0.1) is 0 Å². The number of hydrogen-bond acceptors (Lipinski definition) is 4. The maximum Gasteiger partial charge on any atom is 0.170 e. The highest BCUT2D eigenvalue weighted by atomic mass is 32.1. The van der Waals surface area contributed by atoms with Crippen LogP contribution >= 0.6 is 12.2 Å². The minimum atomic E-state index is 0.544. The van der Waals surface area contributed by atoms with Crippen LogP contribution in [0.4, 0.5) is 0 Å². The van der Waals surface area contributed by atoms with Gasteiger partial charge in [-0.2, -0.15) is 0 Å². The number of nitrogens with zero attached hydrogens (tertiary/aromatic N) is 2. The molecule has 0 saturated heterocycles. The van der Waals surface area contributed by atoms with E-state index in [9.17, 15) is 0 Å². The van der Waals surface area contributed by atoms with Gasteiger partial charge in [-0.25, -0.2) is 0 Å². The van der Waals surface area contributed by atoms with E-state index in [1.165, 1.54) is 0 Å². The van der Waals surface area contributed by atoms with E-state index >= 15 is 0 Å². The van der Waals surface area contributed by atoms with Crippen LogP contribution in [0.1, 0.15) is 17.2 Å². The number of thiocarbonyl (C=S) groups is 1. The second kappa shape index (κ2) is 7.60. The van der Waals surface area contributed by atoms with Gasteiger partial charge >= 0.3 is 0 Å². The van der Waals surface area contributed by atoms with Gasteiger partial charge in [0.05, 0.1) is 37.9 Å². The fourth-order valence-corrected chi connectivity index (χ4v) is 2.37. The van der Waals surface area contributed by atoms with E-state index < -0.39 is 0 Å². The van der Waals surface area contributed by atoms with Crippen LogP contribution in [0.3, 0.4) is 0 Å². The smallest absolute Gasteiger partial charge is 0.170 e. The summed E-state index contributed by atoms with van der Waals surface area (Å²) in [6, 6.07) is 13.4. The van der Waals surface area contributed by atoms with Crippen molar-refractivity contribution in [2.24, 2.45) is 0 Å². The van der Waals surface area contributed by atoms with Crippen molar-refractivity contribution in [1.82, 2.24) is 15.2 Å². The topological polar surface area (TPSA) is 54.4 Å². The molecule has 0 aromatic carbocycles. The van der Waals surface area contributed by atoms with Gasteiger partial charge in [0.2, 0.25) is 0 Å². The Morgan fingerprint density at radius 3 is 2.43 bits per heavy atom. The Balaban J connectivity index is 1.67. The Hall–Kier alpha value is -2.60. The Morgan fingerprint density at radius 1 is 1.00 bits per heavy atom. The summed E-state index contributed by atoms with van der Waals surface area (Å²) in [5.74, 6) is 1.69. The lowest BCUT2D eigenvalue weighted by Gasteiger charge is -2.24. The molecule has 0 aliphatic carbocycles. The van der Waals surface area contributed by atoms with Gasteiger partial charge < -0.3 is 19.1 Å². The van der Waals surface area contributed by atoms with Crippen molar-refractivity contribution in [2.45, 2.75) is 19.6 Å². The van der Waals surface area contributed by atoms with Gasteiger partial charge in [0, 0.05) is 6.20 Å². The van der Waals surface area contributed by atoms with Crippen LogP contribution in [0.15, 0.2) is 70.0 Å². The first kappa shape index (κ1) is 15.3. The van der Waals surface area contributed by atoms with Crippen molar-refractivity contribution in [3.63, 3.8) is 0 Å². The Bertz CT molecular complexity index is 712. The van der Waals surface area contributed by atoms with Crippen LogP contribution < -0.4 is 5.32 Å². The van der Waals surface area contributed by atoms with E-state index in [-0.39, 0.29) is 0 Å². The van der Waals surface area contributed by atoms with E-state index in [0.29, 0.717) is 24.7 Å². The van der Waals surface area contributed by atoms with Gasteiger partial charge in [-0.15, -0.1) is 0 Å². The summed E-state index contributed by atoms with van der Waals surface area (Å²) in [5.41, 5.74) is 0.946. The highest BCUT2D eigenvalue weighted by molar-refractivity contribution is 7.80. The maximum atomic E-state index is 5.52. The van der Waals surface area contributed by atoms with E-state index in [2.05, 4.69) is 10.3 Å². The lowest BCUT2D eigenvalue weighted by Crippen LogP contribution is -2.38. The van der Waals surface area contributed by atoms with E-state index in [1.54, 1.807) is 18.7 Å². The quantitative estimate of drug-likeness (QED) is 0.701. The third-order valence-corrected chi connectivity index (χ3v) is 3.69. The molecule has 3 rings (SSSR count). The van der Waals surface area contributed by atoms with Gasteiger partial charge in [-0.3, -0.25) is 4.98 Å². The molecule has 0 atom stereocenters. The van der Waals surface area contributed by atoms with Crippen molar-refractivity contribution in [3.05, 3.63) is 78.4 Å². The minimum absolute atomic E-state index is 0.544. The van der Waals surface area contributed by atoms with Gasteiger partial charge in [0.1, 0.15) is 11.5 Å². The monoisotopic (exact) mass is 327 g/mol. The minimum Gasteiger partial charge on any atom is -0.467 e. The largest absolute Gasteiger partial charge is 0.467 e. The summed E-state index contributed by atoms with van der Waals surface area (Å²) in [7, 11) is 0. The molecule has 118 valence electrons. The molecule has 0 spiro atoms. The first-order chi connectivity index (χ1) is 11.3. The van der Waals surface area contributed by atoms with E-state index in [4.69, 9.17) is 21.1 Å². The predicted molar refractivity (Wildman–Crippen MR) is 90.3 cm³/mol. The summed E-state index contributed by atoms with van der Waals surface area (Å²) in [5, 5.41) is 3.84. The second-order valence-electron chi connectivity index (χ2n) is 4.99. The molecule has 6 heteroatoms. The Morgan fingerprint density at radius 2 is 1.78 bits per heavy atom. The molecule has 5 nitrogen and oxygen atoms in total. The predicted octanol–water partition coefficient (Wildman–Crippen LogP) is 3.34. The fourth-order valence-electron chi connectivity index (χ4n) is 2.17. The average molecular weight is 327 g/mol. The number of hydrogen-bond donors (Lipinski definition) is 1. The number of furan rings is 2. The van der Waals surface area contributed by atoms with E-state index in [1.807, 2.05) is 47.4 Å². The third-order valence-electron chi connectivity index (χ3n) is 3.29. The number of rotatable bonds is 6. The molecular formula is C17H17N3O2S. The molecular weight excluding hydrogens is 310 g/mol. The van der Waals surface area contributed by atoms with Crippen LogP contribution in [0.25, 0.3) is 0 Å². The summed E-state index contributed by atoms with van der Waals surface area (Å²) in [4.78, 5) is 6.38. The molecule has 0 unspecified atom stereocenters. The molecule has 0 saturated carbocycles. The Labute approximate surface area is 139 Å². The lowest BCUT2D eigenvalue weighted by atomic mass is 10.3. The molecule has 0 fully saturated rings. The zero-order chi connectivity index (χ0) is 15.9. The molecule has 23 heavy (non-hydrogen) atoms. The first-order valence-electron chi connectivity index (χ1n) is 7.29. The molecule has 0 aliphatic heterocycles. The molecule has 0 amide bonds. The van der Waals surface area contributed by atoms with Crippen LogP contribution in [-0.2, 0) is 19.6 Å². The van der Waals surface area contributed by atoms with Crippen LogP contribution in [0.2, 0.25) is 0 Å². The first-order valence-corrected chi connectivity index (χ1v) is 7.69. The zero-order valence-corrected chi connectivity index (χ0v) is 13.3. The lowest BCUT2D eigenvalue weighted by molar-refractivity contribution is 0.346. The standard InChI is InChI=1S/C17H17N3O2S/c23-17(19-11-15-6-3-9-21-15)20(13-16-7-4-10-22-16)12-14-5-1-2-8-18-14/h1-10H,11-13H2,(H,19,23). The van der Waals surface area contributed by atoms with Crippen molar-refractivity contribution in [3.8, 4) is 0 Å². The summed E-state index contributed by atoms with van der Waals surface area (Å²) >= 11 is 5.52. The van der Waals surface area contributed by atoms with Gasteiger partial charge in [-0.05, 0) is 48.6 Å². The van der Waals surface area contributed by atoms with Crippen molar-refractivity contribution in [1.29, 1.82) is 0 Å². The molecule has 0 aliphatic rings. The SMILES string of the molecule is S=C(NCc1ccco1)N(Cc1ccccn1)Cc1ccco1. The average Bonchev–Trinajstić information content (AvgIpc) is 3.26. The summed E-state index contributed by atoms with van der Waals surface area (Å²) in [6.45, 7) is 1.72. The normalized spacial score (nSPS) is 10.4. The van der Waals surface area contributed by atoms with Crippen molar-refractivity contribution >= 4 is 17.3 Å². The second-order valence-corrected chi connectivity index (χ2v) is 5.38. The van der Waals surface area contributed by atoms with Gasteiger partial charge in [0.15, 0.2) is 5.11 Å². The number of pyridine rings is 1. The van der Waals surface area contributed by atoms with Gasteiger partial charge in [0.25, 0.3) is 0 Å². The molecule has 3 heterocycles. The number of nitrogens with one attached hydrogen (secondary N) is 1. The van der Waals surface area contributed by atoms with E-state index in [0.717, 1.165) is 17.2 Å². The fraction of sp³-hybridized carbons (Fsp3) is 0.176.